The number of rotatable bonds is 6. The van der Waals surface area contributed by atoms with E-state index in [2.05, 4.69) is 0 Å². The van der Waals surface area contributed by atoms with Crippen LogP contribution in [0.4, 0.5) is 0 Å². The van der Waals surface area contributed by atoms with Crippen LogP contribution in [0, 0.1) is 0 Å². The van der Waals surface area contributed by atoms with Gasteiger partial charge in [-0.05, 0) is 70.8 Å². The van der Waals surface area contributed by atoms with Gasteiger partial charge in [0, 0.05) is 42.3 Å². The number of hydrogen-bond acceptors (Lipinski definition) is 2. The Morgan fingerprint density at radius 1 is 0.326 bits per heavy atom. The Hall–Kier alpha value is -3.57. The first-order valence-corrected chi connectivity index (χ1v) is 16.3. The molecule has 0 unspecified atom stereocenters. The molecule has 2 nitrogen and oxygen atoms in total. The zero-order valence-corrected chi connectivity index (χ0v) is 26.3. The van der Waals surface area contributed by atoms with Crippen LogP contribution in [-0.2, 0) is 9.84 Å². The normalized spacial score (nSPS) is 11.4. The van der Waals surface area contributed by atoms with Crippen LogP contribution in [0.1, 0.15) is 0 Å². The van der Waals surface area contributed by atoms with Gasteiger partial charge >= 0.3 is 0 Å². The Kier molecular flexibility index (Phi) is 8.37. The van der Waals surface area contributed by atoms with Gasteiger partial charge in [-0.3, -0.25) is 0 Å². The molecule has 43 heavy (non-hydrogen) atoms. The highest BCUT2D eigenvalue weighted by Gasteiger charge is 2.31. The summed E-state index contributed by atoms with van der Waals surface area (Å²) in [7, 11) is -4.23. The molecule has 0 amide bonds. The van der Waals surface area contributed by atoms with E-state index in [1.807, 2.05) is 84.9 Å². The molecule has 0 heterocycles. The van der Waals surface area contributed by atoms with Crippen molar-refractivity contribution in [2.24, 2.45) is 0 Å². The molecule has 0 N–H and O–H groups in total. The summed E-state index contributed by atoms with van der Waals surface area (Å²) >= 11 is 24.9. The van der Waals surface area contributed by atoms with E-state index < -0.39 is 9.84 Å². The lowest BCUT2D eigenvalue weighted by molar-refractivity contribution is 0.597. The van der Waals surface area contributed by atoms with Crippen molar-refractivity contribution < 1.29 is 8.42 Å². The van der Waals surface area contributed by atoms with Crippen LogP contribution in [0.15, 0.2) is 143 Å². The van der Waals surface area contributed by atoms with E-state index in [1.54, 1.807) is 48.5 Å². The van der Waals surface area contributed by atoms with Crippen LogP contribution in [-0.4, -0.2) is 8.42 Å². The molecular weight excluding hydrogens is 638 g/mol. The molecule has 0 aliphatic carbocycles. The Morgan fingerprint density at radius 3 is 0.744 bits per heavy atom. The monoisotopic (exact) mass is 658 g/mol. The lowest BCUT2D eigenvalue weighted by Crippen LogP contribution is -2.10. The van der Waals surface area contributed by atoms with Crippen molar-refractivity contribution in [1.29, 1.82) is 0 Å². The van der Waals surface area contributed by atoms with E-state index in [-0.39, 0.29) is 9.79 Å². The van der Waals surface area contributed by atoms with Gasteiger partial charge in [0.25, 0.3) is 0 Å². The molecule has 0 saturated heterocycles. The molecule has 212 valence electrons. The smallest absolute Gasteiger partial charge is 0.209 e. The lowest BCUT2D eigenvalue weighted by Gasteiger charge is -2.21. The molecule has 6 aromatic rings. The van der Waals surface area contributed by atoms with Crippen molar-refractivity contribution in [3.8, 4) is 44.5 Å². The second kappa shape index (κ2) is 12.2. The van der Waals surface area contributed by atoms with Crippen molar-refractivity contribution in [3.63, 3.8) is 0 Å². The summed E-state index contributed by atoms with van der Waals surface area (Å²) in [5, 5.41) is 2.22. The maximum atomic E-state index is 15.4. The van der Waals surface area contributed by atoms with Crippen molar-refractivity contribution >= 4 is 56.2 Å². The molecule has 0 aliphatic heterocycles. The molecule has 0 bridgehead atoms. The Bertz CT molecular complexity index is 1760. The fourth-order valence-electron chi connectivity index (χ4n) is 5.18. The van der Waals surface area contributed by atoms with Gasteiger partial charge in [-0.15, -0.1) is 0 Å². The van der Waals surface area contributed by atoms with Crippen molar-refractivity contribution in [2.75, 3.05) is 0 Å². The molecule has 7 heteroatoms. The first-order chi connectivity index (χ1) is 20.7. The van der Waals surface area contributed by atoms with E-state index in [0.29, 0.717) is 42.3 Å². The average Bonchev–Trinajstić information content (AvgIpc) is 3.02. The van der Waals surface area contributed by atoms with Gasteiger partial charge in [-0.25, -0.2) is 8.42 Å². The number of hydrogen-bond donors (Lipinski definition) is 0. The van der Waals surface area contributed by atoms with Crippen LogP contribution < -0.4 is 0 Å². The van der Waals surface area contributed by atoms with Crippen molar-refractivity contribution in [3.05, 3.63) is 154 Å². The molecule has 0 radical (unpaired) electrons. The fraction of sp³-hybridized carbons (Fsp3) is 0. The van der Waals surface area contributed by atoms with Gasteiger partial charge in [-0.1, -0.05) is 131 Å². The van der Waals surface area contributed by atoms with E-state index in [4.69, 9.17) is 46.4 Å². The zero-order chi connectivity index (χ0) is 30.1. The number of benzene rings is 6. The topological polar surface area (TPSA) is 34.1 Å². The minimum absolute atomic E-state index is 0.177. The van der Waals surface area contributed by atoms with Crippen molar-refractivity contribution in [2.45, 2.75) is 9.79 Å². The summed E-state index contributed by atoms with van der Waals surface area (Å²) in [6.45, 7) is 0. The van der Waals surface area contributed by atoms with Gasteiger partial charge in [0.15, 0.2) is 0 Å². The van der Waals surface area contributed by atoms with E-state index in [9.17, 15) is 0 Å². The molecule has 0 aliphatic rings. The van der Waals surface area contributed by atoms with Crippen LogP contribution >= 0.6 is 46.4 Å². The molecule has 0 atom stereocenters. The summed E-state index contributed by atoms with van der Waals surface area (Å²) in [4.78, 5) is 0.354. The second-order valence-electron chi connectivity index (χ2n) is 9.90. The van der Waals surface area contributed by atoms with Crippen LogP contribution in [0.5, 0.6) is 0 Å². The maximum absolute atomic E-state index is 15.4. The SMILES string of the molecule is O=S(=O)(c1c(-c2ccc(Cl)cc2)cccc1-c1ccc(Cl)cc1)c1c(-c2ccc(Cl)cc2)cccc1-c1ccc(Cl)cc1. The predicted octanol–water partition coefficient (Wildman–Crippen LogP) is 11.8. The number of sulfone groups is 1. The summed E-state index contributed by atoms with van der Waals surface area (Å²) in [6.07, 6.45) is 0. The third kappa shape index (κ3) is 5.97. The third-order valence-electron chi connectivity index (χ3n) is 7.19. The largest absolute Gasteiger partial charge is 0.218 e. The maximum Gasteiger partial charge on any atom is 0.209 e. The molecule has 0 spiro atoms. The Morgan fingerprint density at radius 2 is 0.535 bits per heavy atom. The summed E-state index contributed by atoms with van der Waals surface area (Å²) in [6, 6.07) is 39.6. The number of halogens is 4. The summed E-state index contributed by atoms with van der Waals surface area (Å²) in [5.74, 6) is 0. The standard InChI is InChI=1S/C36H22Cl4O2S/c37-27-15-7-23(8-16-27)31-3-1-4-32(24-9-17-28(38)18-10-24)35(31)43(41,42)36-33(25-11-19-29(39)20-12-25)5-2-6-34(36)26-13-21-30(40)22-14-26/h1-22H. The fourth-order valence-corrected chi connectivity index (χ4v) is 7.79. The summed E-state index contributed by atoms with van der Waals surface area (Å²) in [5.41, 5.74) is 5.08. The Labute approximate surface area is 271 Å². The predicted molar refractivity (Wildman–Crippen MR) is 180 cm³/mol. The van der Waals surface area contributed by atoms with Gasteiger partial charge in [-0.2, -0.15) is 0 Å². The minimum Gasteiger partial charge on any atom is -0.218 e. The lowest BCUT2D eigenvalue weighted by atomic mass is 9.98. The van der Waals surface area contributed by atoms with E-state index in [1.165, 1.54) is 0 Å². The molecule has 0 aromatic heterocycles. The molecule has 6 rings (SSSR count). The van der Waals surface area contributed by atoms with Crippen LogP contribution in [0.25, 0.3) is 44.5 Å². The highest BCUT2D eigenvalue weighted by Crippen LogP contribution is 2.45. The van der Waals surface area contributed by atoms with E-state index in [0.717, 1.165) is 22.3 Å². The Balaban J connectivity index is 1.72. The van der Waals surface area contributed by atoms with Crippen LogP contribution in [0.3, 0.4) is 0 Å². The minimum atomic E-state index is -4.23. The highest BCUT2D eigenvalue weighted by molar-refractivity contribution is 7.92. The van der Waals surface area contributed by atoms with E-state index >= 15 is 8.42 Å². The molecule has 6 aromatic carbocycles. The summed E-state index contributed by atoms with van der Waals surface area (Å²) < 4.78 is 30.7. The first-order valence-electron chi connectivity index (χ1n) is 13.3. The molecular formula is C36H22Cl4O2S. The zero-order valence-electron chi connectivity index (χ0n) is 22.4. The van der Waals surface area contributed by atoms with Crippen LogP contribution in [0.2, 0.25) is 20.1 Å². The molecule has 0 saturated carbocycles. The highest BCUT2D eigenvalue weighted by atomic mass is 35.5. The van der Waals surface area contributed by atoms with Gasteiger partial charge in [0.1, 0.15) is 0 Å². The third-order valence-corrected chi connectivity index (χ3v) is 10.2. The quantitative estimate of drug-likeness (QED) is 0.178. The van der Waals surface area contributed by atoms with Gasteiger partial charge in [0.05, 0.1) is 9.79 Å². The average molecular weight is 660 g/mol. The second-order valence-corrected chi connectivity index (χ2v) is 13.5. The first kappa shape index (κ1) is 29.5. The van der Waals surface area contributed by atoms with Gasteiger partial charge in [0.2, 0.25) is 9.84 Å². The van der Waals surface area contributed by atoms with Gasteiger partial charge < -0.3 is 0 Å². The van der Waals surface area contributed by atoms with Crippen molar-refractivity contribution in [1.82, 2.24) is 0 Å². The molecule has 0 fully saturated rings.